The molecule has 7 nitrogen and oxygen atoms in total. The molecule has 0 aromatic carbocycles. The molecule has 3 aromatic rings. The maximum absolute atomic E-state index is 5.36. The number of hydrazone groups is 1. The van der Waals surface area contributed by atoms with E-state index in [-0.39, 0.29) is 18.4 Å². The van der Waals surface area contributed by atoms with Crippen molar-refractivity contribution in [2.45, 2.75) is 20.4 Å². The van der Waals surface area contributed by atoms with E-state index in [4.69, 9.17) is 16.5 Å². The summed E-state index contributed by atoms with van der Waals surface area (Å²) in [4.78, 5) is 11.3. The number of pyridine rings is 1. The lowest BCUT2D eigenvalue weighted by Gasteiger charge is -2.05. The zero-order valence-corrected chi connectivity index (χ0v) is 14.4. The van der Waals surface area contributed by atoms with E-state index in [1.165, 1.54) is 4.88 Å². The Hall–Kier alpha value is -2.32. The number of imidazole rings is 1. The molecule has 0 saturated carbocycles. The van der Waals surface area contributed by atoms with E-state index >= 15 is 0 Å². The number of nitrogens with zero attached hydrogens (tertiary/aromatic N) is 4. The maximum Gasteiger partial charge on any atom is 0.208 e. The van der Waals surface area contributed by atoms with Gasteiger partial charge in [-0.1, -0.05) is 6.07 Å². The monoisotopic (exact) mass is 351 g/mol. The van der Waals surface area contributed by atoms with Gasteiger partial charge in [-0.15, -0.1) is 28.8 Å². The number of guanidine groups is 1. The molecule has 0 unspecified atom stereocenters. The average Bonchev–Trinajstić information content (AvgIpc) is 2.98. The molecule has 0 aliphatic heterocycles. The van der Waals surface area contributed by atoms with Crippen molar-refractivity contribution in [2.75, 3.05) is 0 Å². The van der Waals surface area contributed by atoms with Gasteiger partial charge in [0.15, 0.2) is 4.96 Å². The van der Waals surface area contributed by atoms with Crippen LogP contribution < -0.4 is 16.9 Å². The molecule has 9 heteroatoms. The van der Waals surface area contributed by atoms with Crippen LogP contribution in [0.4, 0.5) is 0 Å². The normalized spacial score (nSPS) is 10.3. The summed E-state index contributed by atoms with van der Waals surface area (Å²) in [6.45, 7) is 4.62. The van der Waals surface area contributed by atoms with E-state index in [9.17, 15) is 0 Å². The van der Waals surface area contributed by atoms with E-state index < -0.39 is 0 Å². The smallest absolute Gasteiger partial charge is 0.208 e. The van der Waals surface area contributed by atoms with Crippen LogP contribution in [-0.4, -0.2) is 20.3 Å². The molecule has 122 valence electrons. The Balaban J connectivity index is 0.00000192. The van der Waals surface area contributed by atoms with E-state index in [0.717, 1.165) is 27.7 Å². The summed E-state index contributed by atoms with van der Waals surface area (Å²) >= 11 is 1.66. The fourth-order valence-electron chi connectivity index (χ4n) is 2.29. The topological polar surface area (TPSA) is 107 Å². The number of rotatable bonds is 4. The molecular formula is C14H18ClN7S. The van der Waals surface area contributed by atoms with Crippen molar-refractivity contribution in [2.24, 2.45) is 16.6 Å². The Bertz CT molecular complexity index is 834. The van der Waals surface area contributed by atoms with E-state index in [1.807, 2.05) is 18.2 Å². The molecule has 0 bridgehead atoms. The molecular weight excluding hydrogens is 334 g/mol. The Kier molecular flexibility index (Phi) is 5.07. The minimum atomic E-state index is -0.00151. The van der Waals surface area contributed by atoms with Crippen LogP contribution >= 0.6 is 23.7 Å². The summed E-state index contributed by atoms with van der Waals surface area (Å²) < 4.78 is 2.12. The molecule has 3 heterocycles. The summed E-state index contributed by atoms with van der Waals surface area (Å²) in [5.41, 5.74) is 17.4. The summed E-state index contributed by atoms with van der Waals surface area (Å²) in [6.07, 6.45) is 1.76. The third-order valence-corrected chi connectivity index (χ3v) is 4.45. The molecule has 5 N–H and O–H groups in total. The number of aromatic nitrogens is 3. The van der Waals surface area contributed by atoms with Crippen molar-refractivity contribution in [3.05, 3.63) is 40.7 Å². The number of hydrogen-bond donors (Lipinski definition) is 3. The highest BCUT2D eigenvalue weighted by atomic mass is 35.5. The van der Waals surface area contributed by atoms with Crippen molar-refractivity contribution in [1.82, 2.24) is 19.8 Å². The first-order valence-electron chi connectivity index (χ1n) is 6.78. The number of hydrogen-bond acceptors (Lipinski definition) is 5. The van der Waals surface area contributed by atoms with Crippen LogP contribution in [0.2, 0.25) is 0 Å². The van der Waals surface area contributed by atoms with Crippen LogP contribution in [0.5, 0.6) is 0 Å². The number of aryl methyl sites for hydroxylation is 2. The molecule has 23 heavy (non-hydrogen) atoms. The Morgan fingerprint density at radius 3 is 2.78 bits per heavy atom. The molecule has 0 aliphatic rings. The van der Waals surface area contributed by atoms with E-state index in [1.54, 1.807) is 17.5 Å². The molecule has 0 atom stereocenters. The van der Waals surface area contributed by atoms with Gasteiger partial charge in [0, 0.05) is 16.8 Å². The highest BCUT2D eigenvalue weighted by Gasteiger charge is 2.18. The highest BCUT2D eigenvalue weighted by Crippen LogP contribution is 2.29. The van der Waals surface area contributed by atoms with Crippen LogP contribution in [0.1, 0.15) is 16.3 Å². The van der Waals surface area contributed by atoms with Crippen molar-refractivity contribution in [3.8, 4) is 11.4 Å². The van der Waals surface area contributed by atoms with Gasteiger partial charge in [0.1, 0.15) is 5.69 Å². The number of nitrogens with one attached hydrogen (secondary N) is 1. The second-order valence-corrected chi connectivity index (χ2v) is 6.04. The minimum absolute atomic E-state index is 0. The van der Waals surface area contributed by atoms with Crippen LogP contribution in [0.25, 0.3) is 16.3 Å². The average molecular weight is 352 g/mol. The first-order valence-corrected chi connectivity index (χ1v) is 7.59. The zero-order chi connectivity index (χ0) is 15.7. The Labute approximate surface area is 143 Å². The van der Waals surface area contributed by atoms with Crippen LogP contribution in [0, 0.1) is 13.8 Å². The van der Waals surface area contributed by atoms with Gasteiger partial charge < -0.3 is 16.9 Å². The number of fused-ring (bicyclic) bond motifs is 1. The predicted molar refractivity (Wildman–Crippen MR) is 95.7 cm³/mol. The summed E-state index contributed by atoms with van der Waals surface area (Å²) in [5.74, 6) is -0.00151. The number of nitrogens with two attached hydrogens (primary N) is 2. The van der Waals surface area contributed by atoms with Crippen molar-refractivity contribution in [1.29, 1.82) is 0 Å². The summed E-state index contributed by atoms with van der Waals surface area (Å²) in [7, 11) is 0. The standard InChI is InChI=1S/C14H17N7S.ClH/c1-8-9(2)22-14-19-12(10-5-3-4-6-17-10)11(21(8)14)7-18-20-13(15)16;/h3-6,18H,7H2,1-2H3,(H4,15,16,20);1H. The van der Waals surface area contributed by atoms with Gasteiger partial charge in [-0.3, -0.25) is 9.38 Å². The fraction of sp³-hybridized carbons (Fsp3) is 0.214. The Morgan fingerprint density at radius 2 is 2.13 bits per heavy atom. The van der Waals surface area contributed by atoms with Gasteiger partial charge in [-0.05, 0) is 26.0 Å². The molecule has 0 saturated heterocycles. The fourth-order valence-corrected chi connectivity index (χ4v) is 3.28. The lowest BCUT2D eigenvalue weighted by molar-refractivity contribution is 0.716. The summed E-state index contributed by atoms with van der Waals surface area (Å²) in [5, 5.41) is 3.84. The van der Waals surface area contributed by atoms with Gasteiger partial charge in [0.2, 0.25) is 5.96 Å². The molecule has 3 rings (SSSR count). The predicted octanol–water partition coefficient (Wildman–Crippen LogP) is 1.77. The lowest BCUT2D eigenvalue weighted by atomic mass is 10.2. The first-order chi connectivity index (χ1) is 10.6. The van der Waals surface area contributed by atoms with Crippen LogP contribution in [0.15, 0.2) is 29.5 Å². The van der Waals surface area contributed by atoms with Gasteiger partial charge in [-0.2, -0.15) is 0 Å². The quantitative estimate of drug-likeness (QED) is 0.377. The third kappa shape index (κ3) is 3.22. The number of thiazole rings is 1. The van der Waals surface area contributed by atoms with E-state index in [0.29, 0.717) is 6.54 Å². The van der Waals surface area contributed by atoms with Gasteiger partial charge in [-0.25, -0.2) is 4.98 Å². The zero-order valence-electron chi connectivity index (χ0n) is 12.8. The third-order valence-electron chi connectivity index (χ3n) is 3.39. The van der Waals surface area contributed by atoms with Gasteiger partial charge >= 0.3 is 0 Å². The van der Waals surface area contributed by atoms with Crippen molar-refractivity contribution < 1.29 is 0 Å². The number of halogens is 1. The summed E-state index contributed by atoms with van der Waals surface area (Å²) in [6, 6.07) is 5.77. The highest BCUT2D eigenvalue weighted by molar-refractivity contribution is 7.17. The SMILES string of the molecule is Cc1sc2nc(-c3ccccn3)c(CNN=C(N)N)n2c1C.Cl. The van der Waals surface area contributed by atoms with E-state index in [2.05, 4.69) is 33.8 Å². The Morgan fingerprint density at radius 1 is 1.35 bits per heavy atom. The molecule has 0 spiro atoms. The molecule has 0 fully saturated rings. The van der Waals surface area contributed by atoms with Crippen LogP contribution in [0.3, 0.4) is 0 Å². The second kappa shape index (κ2) is 6.84. The molecule has 0 aliphatic carbocycles. The largest absolute Gasteiger partial charge is 0.369 e. The minimum Gasteiger partial charge on any atom is -0.369 e. The second-order valence-electron chi connectivity index (χ2n) is 4.86. The van der Waals surface area contributed by atoms with Crippen molar-refractivity contribution in [3.63, 3.8) is 0 Å². The molecule has 3 aromatic heterocycles. The van der Waals surface area contributed by atoms with Gasteiger partial charge in [0.25, 0.3) is 0 Å². The van der Waals surface area contributed by atoms with Crippen molar-refractivity contribution >= 4 is 34.7 Å². The first kappa shape index (κ1) is 17.0. The van der Waals surface area contributed by atoms with Gasteiger partial charge in [0.05, 0.1) is 17.9 Å². The molecule has 0 amide bonds. The molecule has 0 radical (unpaired) electrons. The maximum atomic E-state index is 5.36. The van der Waals surface area contributed by atoms with Crippen LogP contribution in [-0.2, 0) is 6.54 Å². The lowest BCUT2D eigenvalue weighted by Crippen LogP contribution is -2.26.